The zero-order valence-corrected chi connectivity index (χ0v) is 17.5. The first-order valence-corrected chi connectivity index (χ1v) is 11.6. The smallest absolute Gasteiger partial charge is 0.233 e. The van der Waals surface area contributed by atoms with E-state index in [9.17, 15) is 4.79 Å². The van der Waals surface area contributed by atoms with E-state index >= 15 is 0 Å². The number of fused-ring (bicyclic) bond motifs is 1. The Morgan fingerprint density at radius 2 is 1.89 bits per heavy atom. The highest BCUT2D eigenvalue weighted by molar-refractivity contribution is 7.99. The number of thioether (sulfide) groups is 1. The molecule has 2 heterocycles. The van der Waals surface area contributed by atoms with E-state index in [0.717, 1.165) is 42.8 Å². The molecule has 0 radical (unpaired) electrons. The first kappa shape index (κ1) is 19.5. The molecule has 6 heteroatoms. The van der Waals surface area contributed by atoms with Crippen LogP contribution in [0, 0.1) is 5.92 Å². The maximum Gasteiger partial charge on any atom is 0.233 e. The average Bonchev–Trinajstić information content (AvgIpc) is 3.13. The molecule has 2 unspecified atom stereocenters. The van der Waals surface area contributed by atoms with Crippen LogP contribution in [0.15, 0.2) is 35.5 Å². The Kier molecular flexibility index (Phi) is 6.35. The third-order valence-corrected chi connectivity index (χ3v) is 7.15. The predicted molar refractivity (Wildman–Crippen MR) is 112 cm³/mol. The molecule has 150 valence electrons. The molecule has 2 atom stereocenters. The van der Waals surface area contributed by atoms with E-state index in [1.165, 1.54) is 37.7 Å². The molecule has 2 fully saturated rings. The summed E-state index contributed by atoms with van der Waals surface area (Å²) in [6.07, 6.45) is 8.32. The van der Waals surface area contributed by atoms with Crippen LogP contribution in [-0.4, -0.2) is 43.9 Å². The van der Waals surface area contributed by atoms with Crippen LogP contribution in [0.3, 0.4) is 0 Å². The Labute approximate surface area is 171 Å². The fraction of sp³-hybridized carbons (Fsp3) is 0.591. The molecule has 1 aliphatic heterocycles. The van der Waals surface area contributed by atoms with Gasteiger partial charge in [-0.05, 0) is 44.1 Å². The lowest BCUT2D eigenvalue weighted by Crippen LogP contribution is -2.50. The molecule has 2 aliphatic rings. The summed E-state index contributed by atoms with van der Waals surface area (Å²) in [6, 6.07) is 10.8. The van der Waals surface area contributed by atoms with Crippen LogP contribution in [0.5, 0.6) is 0 Å². The molecule has 0 N–H and O–H groups in total. The van der Waals surface area contributed by atoms with Crippen molar-refractivity contribution < 1.29 is 4.79 Å². The van der Waals surface area contributed by atoms with Crippen molar-refractivity contribution in [3.05, 3.63) is 41.7 Å². The third kappa shape index (κ3) is 4.27. The summed E-state index contributed by atoms with van der Waals surface area (Å²) in [7, 11) is 0. The van der Waals surface area contributed by atoms with Crippen molar-refractivity contribution in [1.82, 2.24) is 19.7 Å². The van der Waals surface area contributed by atoms with Gasteiger partial charge in [0, 0.05) is 25.6 Å². The zero-order valence-electron chi connectivity index (χ0n) is 16.7. The molecule has 28 heavy (non-hydrogen) atoms. The number of amides is 1. The lowest BCUT2D eigenvalue weighted by molar-refractivity contribution is -0.134. The third-order valence-electron chi connectivity index (χ3n) is 6.20. The highest BCUT2D eigenvalue weighted by Gasteiger charge is 2.35. The van der Waals surface area contributed by atoms with Gasteiger partial charge in [0.25, 0.3) is 0 Å². The lowest BCUT2D eigenvalue weighted by atomic mass is 9.78. The molecule has 4 rings (SSSR count). The monoisotopic (exact) mass is 398 g/mol. The minimum absolute atomic E-state index is 0.275. The number of hydrogen-bond donors (Lipinski definition) is 0. The molecule has 1 aromatic carbocycles. The van der Waals surface area contributed by atoms with E-state index in [1.807, 2.05) is 18.2 Å². The Morgan fingerprint density at radius 3 is 2.71 bits per heavy atom. The van der Waals surface area contributed by atoms with Crippen molar-refractivity contribution in [3.63, 3.8) is 0 Å². The van der Waals surface area contributed by atoms with Crippen LogP contribution in [0.2, 0.25) is 0 Å². The minimum Gasteiger partial charge on any atom is -0.339 e. The van der Waals surface area contributed by atoms with Crippen LogP contribution in [0.4, 0.5) is 0 Å². The second kappa shape index (κ2) is 9.12. The highest BCUT2D eigenvalue weighted by Crippen LogP contribution is 2.35. The summed E-state index contributed by atoms with van der Waals surface area (Å²) in [5.41, 5.74) is 1.23. The van der Waals surface area contributed by atoms with Gasteiger partial charge in [-0.15, -0.1) is 10.2 Å². The highest BCUT2D eigenvalue weighted by atomic mass is 32.2. The van der Waals surface area contributed by atoms with Crippen LogP contribution in [0.25, 0.3) is 0 Å². The lowest BCUT2D eigenvalue weighted by Gasteiger charge is -2.44. The SMILES string of the molecule is CCn1c(Cc2ccccc2)nnc1SCC(=O)N1CCCC2CCCCC21. The first-order valence-electron chi connectivity index (χ1n) is 10.6. The summed E-state index contributed by atoms with van der Waals surface area (Å²) >= 11 is 1.54. The Hall–Kier alpha value is -1.82. The molecule has 2 aromatic rings. The number of likely N-dealkylation sites (tertiary alicyclic amines) is 1. The summed E-state index contributed by atoms with van der Waals surface area (Å²) in [6.45, 7) is 3.86. The normalized spacial score (nSPS) is 22.1. The molecule has 1 saturated carbocycles. The van der Waals surface area contributed by atoms with Gasteiger partial charge in [-0.2, -0.15) is 0 Å². The summed E-state index contributed by atoms with van der Waals surface area (Å²) in [5.74, 6) is 2.44. The number of rotatable bonds is 6. The van der Waals surface area contributed by atoms with E-state index < -0.39 is 0 Å². The van der Waals surface area contributed by atoms with Crippen molar-refractivity contribution in [2.24, 2.45) is 5.92 Å². The molecular weight excluding hydrogens is 368 g/mol. The fourth-order valence-electron chi connectivity index (χ4n) is 4.80. The topological polar surface area (TPSA) is 51.0 Å². The largest absolute Gasteiger partial charge is 0.339 e. The van der Waals surface area contributed by atoms with E-state index in [4.69, 9.17) is 0 Å². The van der Waals surface area contributed by atoms with Gasteiger partial charge in [0.1, 0.15) is 5.82 Å². The Balaban J connectivity index is 1.39. The van der Waals surface area contributed by atoms with Crippen molar-refractivity contribution in [2.75, 3.05) is 12.3 Å². The maximum absolute atomic E-state index is 13.0. The number of aromatic nitrogens is 3. The number of carbonyl (C=O) groups is 1. The van der Waals surface area contributed by atoms with Gasteiger partial charge in [0.15, 0.2) is 5.16 Å². The van der Waals surface area contributed by atoms with Gasteiger partial charge >= 0.3 is 0 Å². The van der Waals surface area contributed by atoms with Crippen LogP contribution < -0.4 is 0 Å². The molecule has 1 aliphatic carbocycles. The zero-order chi connectivity index (χ0) is 19.3. The molecule has 0 spiro atoms. The fourth-order valence-corrected chi connectivity index (χ4v) is 5.70. The molecule has 0 bridgehead atoms. The number of piperidine rings is 1. The number of nitrogens with zero attached hydrogens (tertiary/aromatic N) is 4. The summed E-state index contributed by atoms with van der Waals surface area (Å²) in [4.78, 5) is 15.1. The number of hydrogen-bond acceptors (Lipinski definition) is 4. The van der Waals surface area contributed by atoms with Gasteiger partial charge < -0.3 is 9.47 Å². The quantitative estimate of drug-likeness (QED) is 0.686. The van der Waals surface area contributed by atoms with Crippen molar-refractivity contribution in [2.45, 2.75) is 69.6 Å². The maximum atomic E-state index is 13.0. The predicted octanol–water partition coefficient (Wildman–Crippen LogP) is 4.16. The van der Waals surface area contributed by atoms with E-state index in [-0.39, 0.29) is 5.91 Å². The number of carbonyl (C=O) groups excluding carboxylic acids is 1. The standard InChI is InChI=1S/C22H30N4OS/c1-2-25-20(15-17-9-4-3-5-10-17)23-24-22(25)28-16-21(27)26-14-8-12-18-11-6-7-13-19(18)26/h3-5,9-10,18-19H,2,6-8,11-16H2,1H3. The van der Waals surface area contributed by atoms with Gasteiger partial charge in [-0.25, -0.2) is 0 Å². The van der Waals surface area contributed by atoms with Gasteiger partial charge in [-0.3, -0.25) is 4.79 Å². The van der Waals surface area contributed by atoms with E-state index in [1.54, 1.807) is 11.8 Å². The average molecular weight is 399 g/mol. The van der Waals surface area contributed by atoms with Crippen molar-refractivity contribution >= 4 is 17.7 Å². The number of benzene rings is 1. The van der Waals surface area contributed by atoms with Crippen LogP contribution in [0.1, 0.15) is 56.8 Å². The minimum atomic E-state index is 0.275. The second-order valence-electron chi connectivity index (χ2n) is 7.94. The molecule has 1 saturated heterocycles. The van der Waals surface area contributed by atoms with E-state index in [0.29, 0.717) is 11.8 Å². The van der Waals surface area contributed by atoms with Gasteiger partial charge in [0.05, 0.1) is 5.75 Å². The first-order chi connectivity index (χ1) is 13.8. The Morgan fingerprint density at radius 1 is 1.11 bits per heavy atom. The second-order valence-corrected chi connectivity index (χ2v) is 8.88. The molecule has 1 amide bonds. The van der Waals surface area contributed by atoms with Crippen molar-refractivity contribution in [3.8, 4) is 0 Å². The van der Waals surface area contributed by atoms with Crippen LogP contribution in [-0.2, 0) is 17.8 Å². The molecular formula is C22H30N4OS. The molecule has 5 nitrogen and oxygen atoms in total. The van der Waals surface area contributed by atoms with Crippen LogP contribution >= 0.6 is 11.8 Å². The van der Waals surface area contributed by atoms with Crippen molar-refractivity contribution in [1.29, 1.82) is 0 Å². The summed E-state index contributed by atoms with van der Waals surface area (Å²) in [5, 5.41) is 9.65. The van der Waals surface area contributed by atoms with E-state index in [2.05, 4.69) is 38.7 Å². The van der Waals surface area contributed by atoms with Gasteiger partial charge in [-0.1, -0.05) is 54.9 Å². The Bertz CT molecular complexity index is 789. The summed E-state index contributed by atoms with van der Waals surface area (Å²) < 4.78 is 2.14. The van der Waals surface area contributed by atoms with Gasteiger partial charge in [0.2, 0.25) is 5.91 Å². The molecule has 1 aromatic heterocycles.